The third-order valence-electron chi connectivity index (χ3n) is 2.46. The van der Waals surface area contributed by atoms with E-state index in [-0.39, 0.29) is 17.2 Å². The molecule has 2 N–H and O–H groups in total. The van der Waals surface area contributed by atoms with Gasteiger partial charge in [-0.25, -0.2) is 4.39 Å². The first-order chi connectivity index (χ1) is 8.13. The van der Waals surface area contributed by atoms with Gasteiger partial charge in [0.05, 0.1) is 7.11 Å². The molecular formula is C13H11FO3. The fourth-order valence-corrected chi connectivity index (χ4v) is 1.60. The Hall–Kier alpha value is -2.23. The lowest BCUT2D eigenvalue weighted by atomic mass is 10.0. The van der Waals surface area contributed by atoms with E-state index in [1.165, 1.54) is 25.3 Å². The van der Waals surface area contributed by atoms with Gasteiger partial charge in [-0.15, -0.1) is 0 Å². The maximum Gasteiger partial charge on any atom is 0.200 e. The minimum absolute atomic E-state index is 0.100. The predicted molar refractivity (Wildman–Crippen MR) is 61.7 cm³/mol. The summed E-state index contributed by atoms with van der Waals surface area (Å²) in [6.45, 7) is 0. The molecule has 0 amide bonds. The van der Waals surface area contributed by atoms with Crippen LogP contribution in [-0.2, 0) is 0 Å². The molecule has 0 aromatic heterocycles. The molecule has 4 heteroatoms. The first-order valence-electron chi connectivity index (χ1n) is 4.98. The van der Waals surface area contributed by atoms with E-state index in [4.69, 9.17) is 4.74 Å². The monoisotopic (exact) mass is 234 g/mol. The summed E-state index contributed by atoms with van der Waals surface area (Å²) >= 11 is 0. The Kier molecular flexibility index (Phi) is 2.87. The van der Waals surface area contributed by atoms with E-state index < -0.39 is 5.82 Å². The molecule has 3 nitrogen and oxygen atoms in total. The van der Waals surface area contributed by atoms with Crippen molar-refractivity contribution in [2.24, 2.45) is 0 Å². The summed E-state index contributed by atoms with van der Waals surface area (Å²) in [5, 5.41) is 19.0. The number of phenols is 2. The Morgan fingerprint density at radius 3 is 2.47 bits per heavy atom. The molecule has 88 valence electrons. The molecule has 0 aliphatic heterocycles. The zero-order valence-electron chi connectivity index (χ0n) is 9.14. The van der Waals surface area contributed by atoms with Crippen molar-refractivity contribution in [1.29, 1.82) is 0 Å². The summed E-state index contributed by atoms with van der Waals surface area (Å²) in [6, 6.07) is 8.93. The van der Waals surface area contributed by atoms with Gasteiger partial charge in [0.2, 0.25) is 5.75 Å². The average Bonchev–Trinajstić information content (AvgIpc) is 2.33. The highest BCUT2D eigenvalue weighted by Crippen LogP contribution is 2.39. The highest BCUT2D eigenvalue weighted by Gasteiger charge is 2.12. The Morgan fingerprint density at radius 1 is 1.12 bits per heavy atom. The van der Waals surface area contributed by atoms with Crippen LogP contribution >= 0.6 is 0 Å². The summed E-state index contributed by atoms with van der Waals surface area (Å²) < 4.78 is 18.5. The second-order valence-corrected chi connectivity index (χ2v) is 3.53. The van der Waals surface area contributed by atoms with Gasteiger partial charge < -0.3 is 14.9 Å². The van der Waals surface area contributed by atoms with Crippen LogP contribution in [0.25, 0.3) is 11.1 Å². The van der Waals surface area contributed by atoms with Gasteiger partial charge in [0.1, 0.15) is 5.82 Å². The number of ether oxygens (including phenoxy) is 1. The summed E-state index contributed by atoms with van der Waals surface area (Å²) in [7, 11) is 1.36. The number of hydrogen-bond acceptors (Lipinski definition) is 3. The van der Waals surface area contributed by atoms with E-state index >= 15 is 0 Å². The van der Waals surface area contributed by atoms with E-state index in [1.807, 2.05) is 0 Å². The van der Waals surface area contributed by atoms with Crippen molar-refractivity contribution in [1.82, 2.24) is 0 Å². The van der Waals surface area contributed by atoms with E-state index in [0.717, 1.165) is 0 Å². The minimum Gasteiger partial charge on any atom is -0.504 e. The highest BCUT2D eigenvalue weighted by molar-refractivity contribution is 5.70. The van der Waals surface area contributed by atoms with Gasteiger partial charge in [0, 0.05) is 5.56 Å². The number of phenolic OH excluding ortho intramolecular Hbond substituents is 2. The Balaban J connectivity index is 2.61. The number of halogens is 1. The molecule has 0 bridgehead atoms. The summed E-state index contributed by atoms with van der Waals surface area (Å²) in [6.07, 6.45) is 0. The van der Waals surface area contributed by atoms with Gasteiger partial charge in [-0.3, -0.25) is 0 Å². The molecule has 2 aromatic rings. The van der Waals surface area contributed by atoms with Crippen LogP contribution in [0.2, 0.25) is 0 Å². The van der Waals surface area contributed by atoms with Gasteiger partial charge in [0.15, 0.2) is 11.5 Å². The zero-order chi connectivity index (χ0) is 12.4. The van der Waals surface area contributed by atoms with Crippen molar-refractivity contribution >= 4 is 0 Å². The molecule has 17 heavy (non-hydrogen) atoms. The zero-order valence-corrected chi connectivity index (χ0v) is 9.14. The third kappa shape index (κ3) is 2.01. The van der Waals surface area contributed by atoms with Crippen molar-refractivity contribution in [3.8, 4) is 28.4 Å². The first-order valence-corrected chi connectivity index (χ1v) is 4.98. The standard InChI is InChI=1S/C13H11FO3/c1-17-12-7-8(6-11(15)13(12)16)9-4-2-3-5-10(9)14/h2-7,15-16H,1H3. The van der Waals surface area contributed by atoms with Gasteiger partial charge in [-0.05, 0) is 23.8 Å². The van der Waals surface area contributed by atoms with Crippen LogP contribution in [0.4, 0.5) is 4.39 Å². The molecule has 0 fully saturated rings. The van der Waals surface area contributed by atoms with Crippen LogP contribution in [0.1, 0.15) is 0 Å². The van der Waals surface area contributed by atoms with Crippen LogP contribution in [0, 0.1) is 5.82 Å². The smallest absolute Gasteiger partial charge is 0.200 e. The third-order valence-corrected chi connectivity index (χ3v) is 2.46. The Morgan fingerprint density at radius 2 is 1.82 bits per heavy atom. The lowest BCUT2D eigenvalue weighted by molar-refractivity contribution is 0.351. The van der Waals surface area contributed by atoms with E-state index in [2.05, 4.69) is 0 Å². The minimum atomic E-state index is -0.403. The fraction of sp³-hybridized carbons (Fsp3) is 0.0769. The summed E-state index contributed by atoms with van der Waals surface area (Å²) in [5.74, 6) is -1.00. The van der Waals surface area contributed by atoms with Crippen molar-refractivity contribution < 1.29 is 19.3 Å². The van der Waals surface area contributed by atoms with Crippen LogP contribution < -0.4 is 4.74 Å². The number of benzene rings is 2. The predicted octanol–water partition coefficient (Wildman–Crippen LogP) is 2.91. The van der Waals surface area contributed by atoms with Crippen molar-refractivity contribution in [2.75, 3.05) is 7.11 Å². The van der Waals surface area contributed by atoms with E-state index in [1.54, 1.807) is 18.2 Å². The second kappa shape index (κ2) is 4.33. The van der Waals surface area contributed by atoms with Crippen LogP contribution in [-0.4, -0.2) is 17.3 Å². The summed E-state index contributed by atoms with van der Waals surface area (Å²) in [5.41, 5.74) is 0.774. The van der Waals surface area contributed by atoms with E-state index in [9.17, 15) is 14.6 Å². The van der Waals surface area contributed by atoms with Crippen LogP contribution in [0.3, 0.4) is 0 Å². The maximum absolute atomic E-state index is 13.6. The lowest BCUT2D eigenvalue weighted by Gasteiger charge is -2.09. The van der Waals surface area contributed by atoms with E-state index in [0.29, 0.717) is 11.1 Å². The van der Waals surface area contributed by atoms with Gasteiger partial charge >= 0.3 is 0 Å². The SMILES string of the molecule is COc1cc(-c2ccccc2F)cc(O)c1O. The Labute approximate surface area is 97.7 Å². The molecule has 0 atom stereocenters. The fourth-order valence-electron chi connectivity index (χ4n) is 1.60. The molecule has 0 aliphatic carbocycles. The molecule has 0 heterocycles. The average molecular weight is 234 g/mol. The molecule has 0 saturated heterocycles. The first kappa shape index (κ1) is 11.3. The molecule has 2 aromatic carbocycles. The number of rotatable bonds is 2. The van der Waals surface area contributed by atoms with Gasteiger partial charge in [-0.2, -0.15) is 0 Å². The van der Waals surface area contributed by atoms with Crippen molar-refractivity contribution in [3.05, 3.63) is 42.2 Å². The molecule has 2 rings (SSSR count). The van der Waals surface area contributed by atoms with Gasteiger partial charge in [-0.1, -0.05) is 18.2 Å². The second-order valence-electron chi connectivity index (χ2n) is 3.53. The highest BCUT2D eigenvalue weighted by atomic mass is 19.1. The normalized spacial score (nSPS) is 10.2. The van der Waals surface area contributed by atoms with Crippen LogP contribution in [0.5, 0.6) is 17.2 Å². The summed E-state index contributed by atoms with van der Waals surface area (Å²) in [4.78, 5) is 0. The van der Waals surface area contributed by atoms with Crippen LogP contribution in [0.15, 0.2) is 36.4 Å². The number of methoxy groups -OCH3 is 1. The molecule has 0 aliphatic rings. The number of hydrogen-bond donors (Lipinski definition) is 2. The molecule has 0 saturated carbocycles. The van der Waals surface area contributed by atoms with Gasteiger partial charge in [0.25, 0.3) is 0 Å². The molecular weight excluding hydrogens is 223 g/mol. The van der Waals surface area contributed by atoms with Crippen molar-refractivity contribution in [3.63, 3.8) is 0 Å². The quantitative estimate of drug-likeness (QED) is 0.785. The topological polar surface area (TPSA) is 49.7 Å². The molecule has 0 spiro atoms. The molecule has 0 unspecified atom stereocenters. The Bertz CT molecular complexity index is 552. The molecule has 0 radical (unpaired) electrons. The lowest BCUT2D eigenvalue weighted by Crippen LogP contribution is -1.88. The number of aromatic hydroxyl groups is 2. The largest absolute Gasteiger partial charge is 0.504 e. The maximum atomic E-state index is 13.6. The van der Waals surface area contributed by atoms with Crippen molar-refractivity contribution in [2.45, 2.75) is 0 Å².